The maximum absolute atomic E-state index is 13.7. The summed E-state index contributed by atoms with van der Waals surface area (Å²) in [6.07, 6.45) is 7.91. The van der Waals surface area contributed by atoms with E-state index >= 15 is 0 Å². The van der Waals surface area contributed by atoms with Crippen molar-refractivity contribution in [3.8, 4) is 17.3 Å². The fraction of sp³-hybridized carbons (Fsp3) is 0.303. The molecule has 3 N–H and O–H groups in total. The number of carbonyl (C=O) groups excluding carboxylic acids is 2. The van der Waals surface area contributed by atoms with Gasteiger partial charge in [-0.15, -0.1) is 0 Å². The molecule has 0 atom stereocenters. The van der Waals surface area contributed by atoms with E-state index in [1.807, 2.05) is 17.7 Å². The van der Waals surface area contributed by atoms with Crippen LogP contribution in [0.5, 0.6) is 5.88 Å². The maximum atomic E-state index is 13.7. The fourth-order valence-corrected chi connectivity index (χ4v) is 5.72. The predicted molar refractivity (Wildman–Crippen MR) is 165 cm³/mol. The number of fused-ring (bicyclic) bond motifs is 1. The number of hydrogen-bond donors (Lipinski definition) is 3. The number of rotatable bonds is 9. The first-order chi connectivity index (χ1) is 21.0. The number of benzene rings is 1. The number of hydrogen-bond acceptors (Lipinski definition) is 6. The Hall–Kier alpha value is -5.06. The summed E-state index contributed by atoms with van der Waals surface area (Å²) in [4.78, 5) is 46.1. The first-order valence-corrected chi connectivity index (χ1v) is 14.3. The van der Waals surface area contributed by atoms with E-state index in [1.54, 1.807) is 38.1 Å². The number of nitrogens with zero attached hydrogens (tertiary/aromatic N) is 3. The van der Waals surface area contributed by atoms with Crippen molar-refractivity contribution < 1.29 is 28.6 Å². The number of halogens is 1. The van der Waals surface area contributed by atoms with Crippen LogP contribution in [0, 0.1) is 5.82 Å². The van der Waals surface area contributed by atoms with Crippen LogP contribution in [-0.2, 0) is 16.6 Å². The summed E-state index contributed by atoms with van der Waals surface area (Å²) >= 11 is 0. The third-order valence-electron chi connectivity index (χ3n) is 7.96. The van der Waals surface area contributed by atoms with Crippen molar-refractivity contribution in [2.45, 2.75) is 51.0 Å². The molecule has 44 heavy (non-hydrogen) atoms. The molecule has 11 heteroatoms. The molecular formula is C33H34FN5O5. The van der Waals surface area contributed by atoms with Gasteiger partial charge in [-0.3, -0.25) is 14.6 Å². The SMILES string of the molecule is COc1nc(NC(=O)C(C)(C)NC(=O)c2ccc3c(C4CCCC4)c(-c4ccc(F)cn4)n(C)c3c2)ccc1/C=C/C(=O)O. The minimum atomic E-state index is -1.32. The molecule has 1 aliphatic rings. The molecule has 0 saturated heterocycles. The Morgan fingerprint density at radius 1 is 1.11 bits per heavy atom. The zero-order valence-corrected chi connectivity index (χ0v) is 25.0. The molecule has 2 amide bonds. The van der Waals surface area contributed by atoms with Crippen molar-refractivity contribution in [2.75, 3.05) is 12.4 Å². The predicted octanol–water partition coefficient (Wildman–Crippen LogP) is 5.69. The lowest BCUT2D eigenvalue weighted by Crippen LogP contribution is -2.52. The lowest BCUT2D eigenvalue weighted by molar-refractivity contribution is -0.131. The zero-order chi connectivity index (χ0) is 31.6. The molecule has 1 aromatic carbocycles. The van der Waals surface area contributed by atoms with Gasteiger partial charge in [-0.25, -0.2) is 9.18 Å². The van der Waals surface area contributed by atoms with E-state index in [1.165, 1.54) is 31.5 Å². The minimum Gasteiger partial charge on any atom is -0.481 e. The summed E-state index contributed by atoms with van der Waals surface area (Å²) < 4.78 is 20.9. The van der Waals surface area contributed by atoms with Gasteiger partial charge in [-0.05, 0) is 80.6 Å². The topological polar surface area (TPSA) is 135 Å². The second-order valence-corrected chi connectivity index (χ2v) is 11.4. The van der Waals surface area contributed by atoms with E-state index in [2.05, 4.69) is 20.6 Å². The number of carboxylic acid groups (broad SMARTS) is 1. The minimum absolute atomic E-state index is 0.130. The summed E-state index contributed by atoms with van der Waals surface area (Å²) in [6.45, 7) is 3.16. The number of amides is 2. The van der Waals surface area contributed by atoms with Gasteiger partial charge in [0.1, 0.15) is 17.2 Å². The van der Waals surface area contributed by atoms with E-state index in [-0.39, 0.29) is 11.7 Å². The number of aliphatic carboxylic acids is 1. The van der Waals surface area contributed by atoms with Crippen LogP contribution in [0.25, 0.3) is 28.4 Å². The summed E-state index contributed by atoms with van der Waals surface area (Å²) in [6, 6.07) is 11.7. The number of aromatic nitrogens is 3. The maximum Gasteiger partial charge on any atom is 0.328 e. The zero-order valence-electron chi connectivity index (χ0n) is 25.0. The highest BCUT2D eigenvalue weighted by Gasteiger charge is 2.32. The highest BCUT2D eigenvalue weighted by atomic mass is 19.1. The van der Waals surface area contributed by atoms with Crippen LogP contribution in [0.3, 0.4) is 0 Å². The second-order valence-electron chi connectivity index (χ2n) is 11.4. The Morgan fingerprint density at radius 2 is 1.86 bits per heavy atom. The molecule has 0 aliphatic heterocycles. The summed E-state index contributed by atoms with van der Waals surface area (Å²) in [5.74, 6) is -1.82. The first kappa shape index (κ1) is 30.4. The van der Waals surface area contributed by atoms with Gasteiger partial charge in [0.05, 0.1) is 24.7 Å². The highest BCUT2D eigenvalue weighted by molar-refractivity contribution is 6.05. The molecule has 4 aromatic rings. The number of anilines is 1. The van der Waals surface area contributed by atoms with Crippen molar-refractivity contribution >= 4 is 40.6 Å². The fourth-order valence-electron chi connectivity index (χ4n) is 5.72. The van der Waals surface area contributed by atoms with Gasteiger partial charge in [-0.1, -0.05) is 18.9 Å². The number of pyridine rings is 2. The summed E-state index contributed by atoms with van der Waals surface area (Å²) in [5, 5.41) is 15.4. The third-order valence-corrected chi connectivity index (χ3v) is 7.96. The van der Waals surface area contributed by atoms with Gasteiger partial charge in [0.2, 0.25) is 5.88 Å². The van der Waals surface area contributed by atoms with E-state index in [9.17, 15) is 18.8 Å². The van der Waals surface area contributed by atoms with Gasteiger partial charge in [0, 0.05) is 35.2 Å². The van der Waals surface area contributed by atoms with Gasteiger partial charge in [-0.2, -0.15) is 4.98 Å². The molecule has 5 rings (SSSR count). The first-order valence-electron chi connectivity index (χ1n) is 14.3. The van der Waals surface area contributed by atoms with E-state index in [4.69, 9.17) is 9.84 Å². The number of carbonyl (C=O) groups is 3. The molecule has 0 bridgehead atoms. The average Bonchev–Trinajstić information content (AvgIpc) is 3.62. The Kier molecular flexibility index (Phi) is 8.48. The number of methoxy groups -OCH3 is 1. The van der Waals surface area contributed by atoms with Crippen molar-refractivity contribution in [1.29, 1.82) is 0 Å². The largest absolute Gasteiger partial charge is 0.481 e. The molecule has 1 aliphatic carbocycles. The highest BCUT2D eigenvalue weighted by Crippen LogP contribution is 2.44. The smallest absolute Gasteiger partial charge is 0.328 e. The van der Waals surface area contributed by atoms with E-state index in [0.29, 0.717) is 22.7 Å². The van der Waals surface area contributed by atoms with Crippen LogP contribution >= 0.6 is 0 Å². The standard InChI is InChI=1S/C33H34FN5O5/c1-33(2,32(43)37-26-15-10-20(11-16-27(40)41)31(36-26)44-4)38-30(42)21-9-13-23-25(17-21)39(3)29(24-14-12-22(34)18-35-24)28(23)19-7-5-6-8-19/h9-19H,5-8H2,1-4H3,(H,38,42)(H,40,41)(H,36,37,43)/b16-11+. The second kappa shape index (κ2) is 12.3. The van der Waals surface area contributed by atoms with Crippen molar-refractivity contribution in [3.05, 3.63) is 77.2 Å². The van der Waals surface area contributed by atoms with Crippen LogP contribution < -0.4 is 15.4 Å². The number of carboxylic acids is 1. The Labute approximate surface area is 254 Å². The average molecular weight is 600 g/mol. The lowest BCUT2D eigenvalue weighted by atomic mass is 9.93. The van der Waals surface area contributed by atoms with Crippen molar-refractivity contribution in [2.24, 2.45) is 7.05 Å². The third kappa shape index (κ3) is 6.17. The van der Waals surface area contributed by atoms with Crippen molar-refractivity contribution in [3.63, 3.8) is 0 Å². The normalized spacial score (nSPS) is 13.8. The number of aryl methyl sites for hydroxylation is 1. The molecule has 0 unspecified atom stereocenters. The molecule has 0 radical (unpaired) electrons. The van der Waals surface area contributed by atoms with E-state index < -0.39 is 29.1 Å². The van der Waals surface area contributed by atoms with Gasteiger partial charge >= 0.3 is 5.97 Å². The number of ether oxygens (including phenoxy) is 1. The monoisotopic (exact) mass is 599 g/mol. The summed E-state index contributed by atoms with van der Waals surface area (Å²) in [7, 11) is 3.31. The van der Waals surface area contributed by atoms with Crippen molar-refractivity contribution in [1.82, 2.24) is 19.9 Å². The Morgan fingerprint density at radius 3 is 2.52 bits per heavy atom. The Bertz CT molecular complexity index is 1770. The quantitative estimate of drug-likeness (QED) is 0.211. The molecule has 0 spiro atoms. The van der Waals surface area contributed by atoms with Crippen LogP contribution in [0.4, 0.5) is 10.2 Å². The molecular weight excluding hydrogens is 565 g/mol. The van der Waals surface area contributed by atoms with Gasteiger partial charge in [0.25, 0.3) is 11.8 Å². The van der Waals surface area contributed by atoms with Crippen LogP contribution in [0.15, 0.2) is 54.7 Å². The molecule has 1 saturated carbocycles. The molecule has 3 aromatic heterocycles. The number of nitrogens with one attached hydrogen (secondary N) is 2. The molecule has 3 heterocycles. The van der Waals surface area contributed by atoms with Crippen LogP contribution in [-0.4, -0.2) is 50.1 Å². The molecule has 228 valence electrons. The Balaban J connectivity index is 1.39. The summed E-state index contributed by atoms with van der Waals surface area (Å²) in [5.41, 5.74) is 3.07. The van der Waals surface area contributed by atoms with Crippen LogP contribution in [0.1, 0.15) is 66.9 Å². The molecule has 1 fully saturated rings. The molecule has 10 nitrogen and oxygen atoms in total. The lowest BCUT2D eigenvalue weighted by Gasteiger charge is -2.25. The van der Waals surface area contributed by atoms with E-state index in [0.717, 1.165) is 53.9 Å². The van der Waals surface area contributed by atoms with Gasteiger partial charge in [0.15, 0.2) is 0 Å². The van der Waals surface area contributed by atoms with Gasteiger partial charge < -0.3 is 25.0 Å². The van der Waals surface area contributed by atoms with Crippen LogP contribution in [0.2, 0.25) is 0 Å².